The molecule has 0 bridgehead atoms. The van der Waals surface area contributed by atoms with Crippen LogP contribution in [0.2, 0.25) is 0 Å². The van der Waals surface area contributed by atoms with Crippen LogP contribution in [0.25, 0.3) is 0 Å². The summed E-state index contributed by atoms with van der Waals surface area (Å²) in [5.74, 6) is 1.67. The third kappa shape index (κ3) is 3.95. The van der Waals surface area contributed by atoms with Crippen LogP contribution in [0.1, 0.15) is 31.2 Å². The van der Waals surface area contributed by atoms with Crippen LogP contribution in [0.15, 0.2) is 42.7 Å². The predicted octanol–water partition coefficient (Wildman–Crippen LogP) is 4.05. The summed E-state index contributed by atoms with van der Waals surface area (Å²) in [5.41, 5.74) is 2.35. The number of methoxy groups -OCH3 is 1. The largest absolute Gasteiger partial charge is 0.493 e. The van der Waals surface area contributed by atoms with Crippen molar-refractivity contribution in [2.24, 2.45) is 0 Å². The maximum absolute atomic E-state index is 6.17. The topological polar surface area (TPSA) is 34.6 Å². The smallest absolute Gasteiger partial charge is 0.161 e. The first-order valence-electron chi connectivity index (χ1n) is 8.21. The molecule has 4 heteroatoms. The maximum Gasteiger partial charge on any atom is 0.161 e. The minimum Gasteiger partial charge on any atom is -0.493 e. The second kappa shape index (κ2) is 7.36. The van der Waals surface area contributed by atoms with Crippen molar-refractivity contribution in [1.29, 1.82) is 0 Å². The summed E-state index contributed by atoms with van der Waals surface area (Å²) in [6.07, 6.45) is 8.77. The van der Waals surface area contributed by atoms with E-state index in [9.17, 15) is 0 Å². The Labute approximate surface area is 138 Å². The molecule has 1 aromatic carbocycles. The van der Waals surface area contributed by atoms with E-state index in [4.69, 9.17) is 9.47 Å². The van der Waals surface area contributed by atoms with Gasteiger partial charge in [0, 0.05) is 31.7 Å². The summed E-state index contributed by atoms with van der Waals surface area (Å²) < 4.78 is 11.6. The summed E-state index contributed by atoms with van der Waals surface area (Å²) >= 11 is 0. The first kappa shape index (κ1) is 15.7. The summed E-state index contributed by atoms with van der Waals surface area (Å²) in [5, 5.41) is 0. The lowest BCUT2D eigenvalue weighted by molar-refractivity contribution is 0.200. The third-order valence-electron chi connectivity index (χ3n) is 4.35. The van der Waals surface area contributed by atoms with Crippen molar-refractivity contribution in [3.05, 3.63) is 48.3 Å². The highest BCUT2D eigenvalue weighted by Crippen LogP contribution is 2.33. The van der Waals surface area contributed by atoms with Crippen molar-refractivity contribution in [2.75, 3.05) is 19.1 Å². The molecule has 2 aromatic rings. The number of aromatic nitrogens is 1. The van der Waals surface area contributed by atoms with E-state index in [1.54, 1.807) is 7.11 Å². The number of benzene rings is 1. The summed E-state index contributed by atoms with van der Waals surface area (Å²) in [6, 6.07) is 10.2. The van der Waals surface area contributed by atoms with Gasteiger partial charge in [0.2, 0.25) is 0 Å². The molecule has 0 N–H and O–H groups in total. The molecule has 1 heterocycles. The van der Waals surface area contributed by atoms with Crippen LogP contribution >= 0.6 is 0 Å². The van der Waals surface area contributed by atoms with Gasteiger partial charge in [-0.25, -0.2) is 0 Å². The minimum atomic E-state index is 0.331. The Morgan fingerprint density at radius 1 is 1.09 bits per heavy atom. The maximum atomic E-state index is 6.17. The van der Waals surface area contributed by atoms with E-state index < -0.39 is 0 Å². The van der Waals surface area contributed by atoms with E-state index in [2.05, 4.69) is 29.1 Å². The molecule has 1 aromatic heterocycles. The lowest BCUT2D eigenvalue weighted by atomic mass is 10.1. The van der Waals surface area contributed by atoms with Gasteiger partial charge >= 0.3 is 0 Å². The molecule has 0 amide bonds. The Morgan fingerprint density at radius 3 is 2.52 bits per heavy atom. The first-order chi connectivity index (χ1) is 11.3. The Hall–Kier alpha value is -2.23. The molecule has 23 heavy (non-hydrogen) atoms. The van der Waals surface area contributed by atoms with E-state index in [-0.39, 0.29) is 0 Å². The van der Waals surface area contributed by atoms with Gasteiger partial charge in [-0.05, 0) is 55.5 Å². The average molecular weight is 312 g/mol. The summed E-state index contributed by atoms with van der Waals surface area (Å²) in [4.78, 5) is 6.26. The molecule has 4 nitrogen and oxygen atoms in total. The summed E-state index contributed by atoms with van der Waals surface area (Å²) in [7, 11) is 3.77. The van der Waals surface area contributed by atoms with Crippen molar-refractivity contribution < 1.29 is 9.47 Å². The van der Waals surface area contributed by atoms with Gasteiger partial charge in [-0.1, -0.05) is 6.07 Å². The molecule has 1 saturated carbocycles. The molecular weight excluding hydrogens is 288 g/mol. The zero-order chi connectivity index (χ0) is 16.1. The van der Waals surface area contributed by atoms with Gasteiger partial charge in [-0.3, -0.25) is 4.98 Å². The molecule has 0 spiro atoms. The molecule has 0 atom stereocenters. The van der Waals surface area contributed by atoms with Crippen LogP contribution in [0.5, 0.6) is 11.5 Å². The molecule has 3 rings (SSSR count). The van der Waals surface area contributed by atoms with Crippen molar-refractivity contribution in [2.45, 2.75) is 38.3 Å². The monoisotopic (exact) mass is 312 g/mol. The third-order valence-corrected chi connectivity index (χ3v) is 4.35. The number of hydrogen-bond donors (Lipinski definition) is 0. The zero-order valence-corrected chi connectivity index (χ0v) is 13.9. The van der Waals surface area contributed by atoms with Crippen LogP contribution in [0.3, 0.4) is 0 Å². The molecular formula is C19H24N2O2. The normalized spacial score (nSPS) is 14.7. The van der Waals surface area contributed by atoms with Gasteiger partial charge in [0.15, 0.2) is 11.5 Å². The van der Waals surface area contributed by atoms with Gasteiger partial charge in [0.05, 0.1) is 13.2 Å². The van der Waals surface area contributed by atoms with E-state index in [1.165, 1.54) is 18.4 Å². The summed E-state index contributed by atoms with van der Waals surface area (Å²) in [6.45, 7) is 0.815. The standard InChI is InChI=1S/C19H24N2O2/c1-21(16-9-11-20-12-10-16)14-15-7-8-18(22-2)19(13-15)23-17-5-3-4-6-17/h7-13,17H,3-6,14H2,1-2H3. The van der Waals surface area contributed by atoms with E-state index in [1.807, 2.05) is 30.6 Å². The number of ether oxygens (including phenoxy) is 2. The van der Waals surface area contributed by atoms with Crippen molar-refractivity contribution in [3.8, 4) is 11.5 Å². The average Bonchev–Trinajstić information content (AvgIpc) is 3.09. The van der Waals surface area contributed by atoms with Gasteiger partial charge in [0.25, 0.3) is 0 Å². The van der Waals surface area contributed by atoms with E-state index >= 15 is 0 Å². The first-order valence-corrected chi connectivity index (χ1v) is 8.21. The lowest BCUT2D eigenvalue weighted by Gasteiger charge is -2.21. The number of pyridine rings is 1. The molecule has 1 aliphatic carbocycles. The van der Waals surface area contributed by atoms with Gasteiger partial charge < -0.3 is 14.4 Å². The van der Waals surface area contributed by atoms with Crippen LogP contribution in [-0.2, 0) is 6.54 Å². The highest BCUT2D eigenvalue weighted by Gasteiger charge is 2.18. The Morgan fingerprint density at radius 2 is 1.83 bits per heavy atom. The van der Waals surface area contributed by atoms with Crippen LogP contribution < -0.4 is 14.4 Å². The van der Waals surface area contributed by atoms with Crippen molar-refractivity contribution >= 4 is 5.69 Å². The Balaban J connectivity index is 1.74. The molecule has 0 radical (unpaired) electrons. The second-order valence-corrected chi connectivity index (χ2v) is 6.07. The van der Waals surface area contributed by atoms with Crippen molar-refractivity contribution in [3.63, 3.8) is 0 Å². The fraction of sp³-hybridized carbons (Fsp3) is 0.421. The second-order valence-electron chi connectivity index (χ2n) is 6.07. The number of hydrogen-bond acceptors (Lipinski definition) is 4. The van der Waals surface area contributed by atoms with Crippen LogP contribution in [-0.4, -0.2) is 25.2 Å². The molecule has 1 aliphatic rings. The van der Waals surface area contributed by atoms with Crippen LogP contribution in [0.4, 0.5) is 5.69 Å². The number of anilines is 1. The fourth-order valence-corrected chi connectivity index (χ4v) is 3.06. The minimum absolute atomic E-state index is 0.331. The molecule has 1 fully saturated rings. The zero-order valence-electron chi connectivity index (χ0n) is 13.9. The molecule has 0 unspecified atom stereocenters. The quantitative estimate of drug-likeness (QED) is 0.806. The van der Waals surface area contributed by atoms with Crippen molar-refractivity contribution in [1.82, 2.24) is 4.98 Å². The van der Waals surface area contributed by atoms with Crippen LogP contribution in [0, 0.1) is 0 Å². The van der Waals surface area contributed by atoms with Gasteiger partial charge in [0.1, 0.15) is 0 Å². The predicted molar refractivity (Wildman–Crippen MR) is 92.2 cm³/mol. The van der Waals surface area contributed by atoms with Gasteiger partial charge in [-0.15, -0.1) is 0 Å². The lowest BCUT2D eigenvalue weighted by Crippen LogP contribution is -2.17. The number of nitrogens with zero attached hydrogens (tertiary/aromatic N) is 2. The number of rotatable bonds is 6. The molecule has 0 aliphatic heterocycles. The molecule has 0 saturated heterocycles. The highest BCUT2D eigenvalue weighted by atomic mass is 16.5. The Kier molecular flexibility index (Phi) is 5.01. The Bertz CT molecular complexity index is 625. The van der Waals surface area contributed by atoms with E-state index in [0.717, 1.165) is 36.6 Å². The fourth-order valence-electron chi connectivity index (χ4n) is 3.06. The van der Waals surface area contributed by atoms with E-state index in [0.29, 0.717) is 6.10 Å². The van der Waals surface area contributed by atoms with Gasteiger partial charge in [-0.2, -0.15) is 0 Å². The highest BCUT2D eigenvalue weighted by molar-refractivity contribution is 5.47. The molecule has 122 valence electrons. The SMILES string of the molecule is COc1ccc(CN(C)c2ccncc2)cc1OC1CCCC1.